The number of para-hydroxylation sites is 2. The molecule has 1 aromatic heterocycles. The van der Waals surface area contributed by atoms with E-state index in [1.54, 1.807) is 12.1 Å². The summed E-state index contributed by atoms with van der Waals surface area (Å²) in [5, 5.41) is 3.41. The molecule has 0 bridgehead atoms. The lowest BCUT2D eigenvalue weighted by Gasteiger charge is -2.13. The average molecular weight is 382 g/mol. The van der Waals surface area contributed by atoms with Gasteiger partial charge < -0.3 is 10.3 Å². The van der Waals surface area contributed by atoms with Gasteiger partial charge in [-0.25, -0.2) is 0 Å². The van der Waals surface area contributed by atoms with Crippen molar-refractivity contribution in [3.05, 3.63) is 100 Å². The molecular formula is C25H22N2O2. The van der Waals surface area contributed by atoms with E-state index in [2.05, 4.69) is 48.4 Å². The molecule has 0 fully saturated rings. The fraction of sp³-hybridized carbons (Fsp3) is 0.120. The molecule has 0 aliphatic carbocycles. The number of rotatable bonds is 4. The van der Waals surface area contributed by atoms with Crippen LogP contribution in [-0.2, 0) is 0 Å². The van der Waals surface area contributed by atoms with Crippen LogP contribution in [0.2, 0.25) is 0 Å². The van der Waals surface area contributed by atoms with E-state index in [1.807, 2.05) is 36.4 Å². The van der Waals surface area contributed by atoms with Gasteiger partial charge in [0, 0.05) is 28.4 Å². The van der Waals surface area contributed by atoms with Crippen LogP contribution in [0.1, 0.15) is 35.7 Å². The van der Waals surface area contributed by atoms with E-state index in [-0.39, 0.29) is 11.0 Å². The van der Waals surface area contributed by atoms with Gasteiger partial charge in [-0.2, -0.15) is 0 Å². The van der Waals surface area contributed by atoms with Crippen LogP contribution in [0.5, 0.6) is 0 Å². The van der Waals surface area contributed by atoms with Gasteiger partial charge in [0.25, 0.3) is 5.91 Å². The van der Waals surface area contributed by atoms with E-state index in [0.29, 0.717) is 22.5 Å². The van der Waals surface area contributed by atoms with Gasteiger partial charge in [0.2, 0.25) is 5.43 Å². The van der Waals surface area contributed by atoms with Crippen molar-refractivity contribution >= 4 is 22.5 Å². The number of H-pyrrole nitrogens is 1. The second-order valence-corrected chi connectivity index (χ2v) is 7.35. The van der Waals surface area contributed by atoms with Crippen LogP contribution in [0.25, 0.3) is 22.0 Å². The molecule has 0 unspecified atom stereocenters. The summed E-state index contributed by atoms with van der Waals surface area (Å²) in [6.07, 6.45) is 1.47. The summed E-state index contributed by atoms with van der Waals surface area (Å²) in [7, 11) is 0. The number of pyridine rings is 1. The first-order chi connectivity index (χ1) is 14.0. The Labute approximate surface area is 169 Å². The fourth-order valence-electron chi connectivity index (χ4n) is 3.42. The first-order valence-corrected chi connectivity index (χ1v) is 9.66. The highest BCUT2D eigenvalue weighted by molar-refractivity contribution is 6.07. The summed E-state index contributed by atoms with van der Waals surface area (Å²) < 4.78 is 0. The third-order valence-corrected chi connectivity index (χ3v) is 5.10. The molecule has 4 aromatic rings. The lowest BCUT2D eigenvalue weighted by Crippen LogP contribution is -2.22. The molecule has 1 amide bonds. The Morgan fingerprint density at radius 3 is 2.34 bits per heavy atom. The van der Waals surface area contributed by atoms with Gasteiger partial charge in [-0.15, -0.1) is 0 Å². The minimum Gasteiger partial charge on any atom is -0.360 e. The van der Waals surface area contributed by atoms with Crippen LogP contribution in [0.15, 0.2) is 83.8 Å². The van der Waals surface area contributed by atoms with Gasteiger partial charge in [0.1, 0.15) is 5.56 Å². The number of fused-ring (bicyclic) bond motifs is 1. The van der Waals surface area contributed by atoms with Crippen LogP contribution in [0.3, 0.4) is 0 Å². The number of benzene rings is 3. The Bertz CT molecular complexity index is 1240. The van der Waals surface area contributed by atoms with Gasteiger partial charge >= 0.3 is 0 Å². The second-order valence-electron chi connectivity index (χ2n) is 7.35. The first-order valence-electron chi connectivity index (χ1n) is 9.66. The summed E-state index contributed by atoms with van der Waals surface area (Å²) in [6, 6.07) is 23.1. The maximum absolute atomic E-state index is 12.9. The summed E-state index contributed by atoms with van der Waals surface area (Å²) in [4.78, 5) is 28.6. The van der Waals surface area contributed by atoms with Crippen molar-refractivity contribution in [2.24, 2.45) is 0 Å². The summed E-state index contributed by atoms with van der Waals surface area (Å²) in [5.74, 6) is 0.0295. The maximum atomic E-state index is 12.9. The predicted molar refractivity (Wildman–Crippen MR) is 118 cm³/mol. The standard InChI is InChI=1S/C25H22N2O2/c1-16(2)17-11-13-18(14-12-17)19-7-3-6-10-23(19)27-25(29)21-15-26-22-9-5-4-8-20(22)24(21)28/h3-16H,1-2H3,(H,26,28)(H,27,29). The number of hydrogen-bond donors (Lipinski definition) is 2. The van der Waals surface area contributed by atoms with Gasteiger partial charge in [-0.3, -0.25) is 9.59 Å². The van der Waals surface area contributed by atoms with Crippen LogP contribution < -0.4 is 10.7 Å². The number of carbonyl (C=O) groups excluding carboxylic acids is 1. The molecule has 0 spiro atoms. The van der Waals surface area contributed by atoms with Crippen LogP contribution in [-0.4, -0.2) is 10.9 Å². The lowest BCUT2D eigenvalue weighted by atomic mass is 9.98. The average Bonchev–Trinajstić information content (AvgIpc) is 2.74. The molecule has 0 aliphatic heterocycles. The zero-order valence-corrected chi connectivity index (χ0v) is 16.4. The van der Waals surface area contributed by atoms with Gasteiger partial charge in [-0.1, -0.05) is 68.4 Å². The van der Waals surface area contributed by atoms with E-state index in [1.165, 1.54) is 11.8 Å². The van der Waals surface area contributed by atoms with Crippen molar-refractivity contribution in [1.82, 2.24) is 4.98 Å². The van der Waals surface area contributed by atoms with Crippen molar-refractivity contribution in [3.63, 3.8) is 0 Å². The minimum absolute atomic E-state index is 0.0914. The van der Waals surface area contributed by atoms with E-state index in [0.717, 1.165) is 11.1 Å². The normalized spacial score (nSPS) is 11.0. The quantitative estimate of drug-likeness (QED) is 0.485. The zero-order chi connectivity index (χ0) is 20.4. The van der Waals surface area contributed by atoms with Gasteiger partial charge in [0.15, 0.2) is 0 Å². The summed E-state index contributed by atoms with van der Waals surface area (Å²) in [5.41, 5.74) is 4.37. The molecule has 4 nitrogen and oxygen atoms in total. The van der Waals surface area contributed by atoms with Crippen molar-refractivity contribution in [3.8, 4) is 11.1 Å². The third kappa shape index (κ3) is 3.69. The molecular weight excluding hydrogens is 360 g/mol. The molecule has 1 heterocycles. The number of hydrogen-bond acceptors (Lipinski definition) is 2. The minimum atomic E-state index is -0.428. The second kappa shape index (κ2) is 7.76. The highest BCUT2D eigenvalue weighted by Gasteiger charge is 2.15. The molecule has 0 saturated heterocycles. The van der Waals surface area contributed by atoms with Crippen LogP contribution in [0, 0.1) is 0 Å². The number of aromatic amines is 1. The number of amides is 1. The molecule has 3 aromatic carbocycles. The largest absolute Gasteiger partial charge is 0.360 e. The number of anilines is 1. The summed E-state index contributed by atoms with van der Waals surface area (Å²) >= 11 is 0. The Balaban J connectivity index is 1.68. The Hall–Kier alpha value is -3.66. The molecule has 29 heavy (non-hydrogen) atoms. The maximum Gasteiger partial charge on any atom is 0.261 e. The molecule has 4 rings (SSSR count). The van der Waals surface area contributed by atoms with E-state index in [4.69, 9.17) is 0 Å². The third-order valence-electron chi connectivity index (χ3n) is 5.10. The van der Waals surface area contributed by atoms with E-state index in [9.17, 15) is 9.59 Å². The van der Waals surface area contributed by atoms with Crippen molar-refractivity contribution in [1.29, 1.82) is 0 Å². The molecule has 0 radical (unpaired) electrons. The molecule has 2 N–H and O–H groups in total. The van der Waals surface area contributed by atoms with Crippen molar-refractivity contribution in [2.75, 3.05) is 5.32 Å². The fourth-order valence-corrected chi connectivity index (χ4v) is 3.42. The van der Waals surface area contributed by atoms with Crippen LogP contribution >= 0.6 is 0 Å². The van der Waals surface area contributed by atoms with Gasteiger partial charge in [-0.05, 0) is 35.2 Å². The molecule has 144 valence electrons. The number of carbonyl (C=O) groups is 1. The summed E-state index contributed by atoms with van der Waals surface area (Å²) in [6.45, 7) is 4.31. The first kappa shape index (κ1) is 18.7. The predicted octanol–water partition coefficient (Wildman–Crippen LogP) is 5.57. The highest BCUT2D eigenvalue weighted by Crippen LogP contribution is 2.29. The molecule has 0 atom stereocenters. The SMILES string of the molecule is CC(C)c1ccc(-c2ccccc2NC(=O)c2c[nH]c3ccccc3c2=O)cc1. The Kier molecular flexibility index (Phi) is 5.00. The Morgan fingerprint density at radius 1 is 0.897 bits per heavy atom. The van der Waals surface area contributed by atoms with Crippen LogP contribution in [0.4, 0.5) is 5.69 Å². The van der Waals surface area contributed by atoms with Crippen molar-refractivity contribution < 1.29 is 4.79 Å². The molecule has 0 saturated carbocycles. The van der Waals surface area contributed by atoms with Gasteiger partial charge in [0.05, 0.1) is 0 Å². The smallest absolute Gasteiger partial charge is 0.261 e. The lowest BCUT2D eigenvalue weighted by molar-refractivity contribution is 0.102. The molecule has 0 aliphatic rings. The number of aromatic nitrogens is 1. The molecule has 4 heteroatoms. The Morgan fingerprint density at radius 2 is 1.59 bits per heavy atom. The highest BCUT2D eigenvalue weighted by atomic mass is 16.2. The van der Waals surface area contributed by atoms with E-state index >= 15 is 0 Å². The topological polar surface area (TPSA) is 62.0 Å². The van der Waals surface area contributed by atoms with Crippen molar-refractivity contribution in [2.45, 2.75) is 19.8 Å². The number of nitrogens with one attached hydrogen (secondary N) is 2. The zero-order valence-electron chi connectivity index (χ0n) is 16.4. The van der Waals surface area contributed by atoms with E-state index < -0.39 is 5.91 Å². The monoisotopic (exact) mass is 382 g/mol.